The maximum absolute atomic E-state index is 12.2. The van der Waals surface area contributed by atoms with Gasteiger partial charge in [0, 0.05) is 18.0 Å². The Morgan fingerprint density at radius 2 is 1.95 bits per heavy atom. The summed E-state index contributed by atoms with van der Waals surface area (Å²) in [5.74, 6) is 1.40. The average molecular weight is 259 g/mol. The Kier molecular flexibility index (Phi) is 3.31. The van der Waals surface area contributed by atoms with E-state index in [1.165, 1.54) is 6.42 Å². The van der Waals surface area contributed by atoms with Crippen LogP contribution in [0.1, 0.15) is 32.6 Å². The van der Waals surface area contributed by atoms with E-state index in [0.717, 1.165) is 24.4 Å². The van der Waals surface area contributed by atoms with Crippen molar-refractivity contribution in [2.75, 3.05) is 4.90 Å². The first kappa shape index (κ1) is 12.7. The number of hydrogen-bond donors (Lipinski definition) is 1. The molecule has 3 nitrogen and oxygen atoms in total. The molecule has 1 aromatic carbocycles. The third kappa shape index (κ3) is 2.27. The molecule has 1 aliphatic carbocycles. The van der Waals surface area contributed by atoms with Crippen molar-refractivity contribution in [3.05, 3.63) is 30.3 Å². The van der Waals surface area contributed by atoms with Gasteiger partial charge in [-0.2, -0.15) is 0 Å². The highest BCUT2D eigenvalue weighted by atomic mass is 16.3. The van der Waals surface area contributed by atoms with Crippen molar-refractivity contribution in [3.63, 3.8) is 0 Å². The third-order valence-electron chi connectivity index (χ3n) is 4.70. The predicted molar refractivity (Wildman–Crippen MR) is 74.5 cm³/mol. The van der Waals surface area contributed by atoms with Gasteiger partial charge in [-0.3, -0.25) is 9.69 Å². The van der Waals surface area contributed by atoms with Crippen LogP contribution in [0.2, 0.25) is 0 Å². The number of anilines is 1. The van der Waals surface area contributed by atoms with Gasteiger partial charge in [0.05, 0.1) is 0 Å². The maximum Gasteiger partial charge on any atom is 0.229 e. The summed E-state index contributed by atoms with van der Waals surface area (Å²) in [6, 6.07) is 9.51. The van der Waals surface area contributed by atoms with Crippen molar-refractivity contribution >= 4 is 11.6 Å². The quantitative estimate of drug-likeness (QED) is 0.887. The predicted octanol–water partition coefficient (Wildman–Crippen LogP) is 2.79. The highest BCUT2D eigenvalue weighted by Crippen LogP contribution is 2.42. The Morgan fingerprint density at radius 1 is 1.21 bits per heavy atom. The number of nitrogens with zero attached hydrogens (tertiary/aromatic N) is 1. The van der Waals surface area contributed by atoms with Crippen LogP contribution in [0.4, 0.5) is 5.69 Å². The van der Waals surface area contributed by atoms with Gasteiger partial charge in [0.25, 0.3) is 0 Å². The number of hydrogen-bond acceptors (Lipinski definition) is 2. The first-order chi connectivity index (χ1) is 9.16. The normalized spacial score (nSPS) is 35.1. The molecule has 102 valence electrons. The molecule has 1 amide bonds. The number of aliphatic hydroxyl groups excluding tert-OH is 1. The van der Waals surface area contributed by atoms with Crippen LogP contribution in [0, 0.1) is 17.8 Å². The molecule has 19 heavy (non-hydrogen) atoms. The van der Waals surface area contributed by atoms with Gasteiger partial charge in [-0.05, 0) is 36.8 Å². The molecule has 0 radical (unpaired) electrons. The van der Waals surface area contributed by atoms with Crippen molar-refractivity contribution in [1.82, 2.24) is 0 Å². The number of amides is 1. The molecular weight excluding hydrogens is 238 g/mol. The minimum absolute atomic E-state index is 0.0586. The van der Waals surface area contributed by atoms with E-state index < -0.39 is 6.23 Å². The van der Waals surface area contributed by atoms with E-state index in [1.807, 2.05) is 30.3 Å². The second-order valence-corrected chi connectivity index (χ2v) is 6.06. The van der Waals surface area contributed by atoms with Gasteiger partial charge in [0.1, 0.15) is 6.23 Å². The van der Waals surface area contributed by atoms with E-state index in [0.29, 0.717) is 12.3 Å². The fourth-order valence-corrected chi connectivity index (χ4v) is 3.68. The van der Waals surface area contributed by atoms with Gasteiger partial charge < -0.3 is 5.11 Å². The van der Waals surface area contributed by atoms with Gasteiger partial charge in [0.2, 0.25) is 5.91 Å². The summed E-state index contributed by atoms with van der Waals surface area (Å²) in [7, 11) is 0. The zero-order chi connectivity index (χ0) is 13.4. The first-order valence-corrected chi connectivity index (χ1v) is 7.22. The summed E-state index contributed by atoms with van der Waals surface area (Å²) in [5, 5.41) is 10.5. The van der Waals surface area contributed by atoms with Gasteiger partial charge in [-0.25, -0.2) is 0 Å². The molecule has 2 aliphatic rings. The van der Waals surface area contributed by atoms with E-state index in [-0.39, 0.29) is 11.8 Å². The highest BCUT2D eigenvalue weighted by molar-refractivity contribution is 5.96. The lowest BCUT2D eigenvalue weighted by atomic mass is 9.88. The molecule has 0 bridgehead atoms. The zero-order valence-corrected chi connectivity index (χ0v) is 11.3. The number of benzene rings is 1. The molecular formula is C16H21NO2. The van der Waals surface area contributed by atoms with Crippen LogP contribution >= 0.6 is 0 Å². The van der Waals surface area contributed by atoms with E-state index in [1.54, 1.807) is 4.90 Å². The molecule has 0 aromatic heterocycles. The van der Waals surface area contributed by atoms with Crippen LogP contribution in [0.25, 0.3) is 0 Å². The SMILES string of the molecule is C[C@@H]1CC[C@H]([C@H]2CC(=O)N(c3ccccc3)[C@@H]2O)C1. The third-order valence-corrected chi connectivity index (χ3v) is 4.70. The summed E-state index contributed by atoms with van der Waals surface area (Å²) in [5.41, 5.74) is 0.813. The monoisotopic (exact) mass is 259 g/mol. The second-order valence-electron chi connectivity index (χ2n) is 6.06. The number of carbonyl (C=O) groups excluding carboxylic acids is 1. The molecule has 1 heterocycles. The van der Waals surface area contributed by atoms with Crippen LogP contribution in [0.15, 0.2) is 30.3 Å². The molecule has 0 unspecified atom stereocenters. The van der Waals surface area contributed by atoms with Crippen molar-refractivity contribution < 1.29 is 9.90 Å². The van der Waals surface area contributed by atoms with Gasteiger partial charge in [0.15, 0.2) is 0 Å². The van der Waals surface area contributed by atoms with Gasteiger partial charge in [-0.1, -0.05) is 31.5 Å². The summed E-state index contributed by atoms with van der Waals surface area (Å²) < 4.78 is 0. The molecule has 1 saturated heterocycles. The molecule has 0 spiro atoms. The fraction of sp³-hybridized carbons (Fsp3) is 0.562. The van der Waals surface area contributed by atoms with Crippen molar-refractivity contribution in [1.29, 1.82) is 0 Å². The number of aliphatic hydroxyl groups is 1. The minimum Gasteiger partial charge on any atom is -0.373 e. The number of carbonyl (C=O) groups is 1. The van der Waals surface area contributed by atoms with Crippen LogP contribution in [0.5, 0.6) is 0 Å². The molecule has 1 saturated carbocycles. The molecule has 3 rings (SSSR count). The number of para-hydroxylation sites is 1. The lowest BCUT2D eigenvalue weighted by molar-refractivity contribution is -0.117. The Bertz CT molecular complexity index is 459. The largest absolute Gasteiger partial charge is 0.373 e. The first-order valence-electron chi connectivity index (χ1n) is 7.22. The molecule has 2 fully saturated rings. The standard InChI is InChI=1S/C16H21NO2/c1-11-7-8-12(9-11)14-10-15(18)17(16(14)19)13-5-3-2-4-6-13/h2-6,11-12,14,16,19H,7-10H2,1H3/t11-,12+,14-,16-/m1/s1. The van der Waals surface area contributed by atoms with E-state index in [2.05, 4.69) is 6.92 Å². The topological polar surface area (TPSA) is 40.5 Å². The Balaban J connectivity index is 1.79. The van der Waals surface area contributed by atoms with Crippen LogP contribution in [-0.2, 0) is 4.79 Å². The van der Waals surface area contributed by atoms with Crippen LogP contribution in [-0.4, -0.2) is 17.2 Å². The minimum atomic E-state index is -0.648. The van der Waals surface area contributed by atoms with Crippen LogP contribution in [0.3, 0.4) is 0 Å². The molecule has 1 aliphatic heterocycles. The van der Waals surface area contributed by atoms with Crippen molar-refractivity contribution in [2.45, 2.75) is 38.8 Å². The molecule has 1 aromatic rings. The Hall–Kier alpha value is -1.35. The van der Waals surface area contributed by atoms with Gasteiger partial charge in [-0.15, -0.1) is 0 Å². The van der Waals surface area contributed by atoms with E-state index in [9.17, 15) is 9.90 Å². The molecule has 1 N–H and O–H groups in total. The zero-order valence-electron chi connectivity index (χ0n) is 11.3. The lowest BCUT2D eigenvalue weighted by Crippen LogP contribution is -2.36. The second kappa shape index (κ2) is 4.97. The summed E-state index contributed by atoms with van der Waals surface area (Å²) in [6.45, 7) is 2.26. The van der Waals surface area contributed by atoms with E-state index in [4.69, 9.17) is 0 Å². The lowest BCUT2D eigenvalue weighted by Gasteiger charge is -2.26. The Labute approximate surface area is 114 Å². The summed E-state index contributed by atoms with van der Waals surface area (Å²) in [4.78, 5) is 13.8. The van der Waals surface area contributed by atoms with Crippen molar-refractivity contribution in [3.8, 4) is 0 Å². The van der Waals surface area contributed by atoms with Crippen LogP contribution < -0.4 is 4.90 Å². The fourth-order valence-electron chi connectivity index (χ4n) is 3.68. The number of rotatable bonds is 2. The van der Waals surface area contributed by atoms with Crippen molar-refractivity contribution in [2.24, 2.45) is 17.8 Å². The summed E-state index contributed by atoms with van der Waals surface area (Å²) >= 11 is 0. The highest BCUT2D eigenvalue weighted by Gasteiger charge is 2.44. The maximum atomic E-state index is 12.2. The summed E-state index contributed by atoms with van der Waals surface area (Å²) in [6.07, 6.45) is 3.38. The molecule has 3 heteroatoms. The molecule has 4 atom stereocenters. The average Bonchev–Trinajstić information content (AvgIpc) is 2.95. The van der Waals surface area contributed by atoms with Gasteiger partial charge >= 0.3 is 0 Å². The van der Waals surface area contributed by atoms with E-state index >= 15 is 0 Å². The Morgan fingerprint density at radius 3 is 2.58 bits per heavy atom. The smallest absolute Gasteiger partial charge is 0.229 e.